The Morgan fingerprint density at radius 2 is 2.00 bits per heavy atom. The van der Waals surface area contributed by atoms with Crippen molar-refractivity contribution in [3.63, 3.8) is 0 Å². The average molecular weight is 277 g/mol. The molecule has 0 radical (unpaired) electrons. The lowest BCUT2D eigenvalue weighted by atomic mass is 9.85. The fourth-order valence-electron chi connectivity index (χ4n) is 2.80. The summed E-state index contributed by atoms with van der Waals surface area (Å²) in [4.78, 5) is 13.6. The van der Waals surface area contributed by atoms with E-state index in [9.17, 15) is 9.90 Å². The van der Waals surface area contributed by atoms with Crippen LogP contribution in [0.25, 0.3) is 0 Å². The first-order valence-corrected chi connectivity index (χ1v) is 7.41. The van der Waals surface area contributed by atoms with Crippen molar-refractivity contribution < 1.29 is 9.90 Å². The molecule has 1 fully saturated rings. The predicted octanol–water partition coefficient (Wildman–Crippen LogP) is 2.54. The molecule has 5 nitrogen and oxygen atoms in total. The van der Waals surface area contributed by atoms with Crippen molar-refractivity contribution in [2.75, 3.05) is 18.5 Å². The quantitative estimate of drug-likeness (QED) is 0.865. The predicted molar refractivity (Wildman–Crippen MR) is 78.4 cm³/mol. The van der Waals surface area contributed by atoms with Crippen LogP contribution in [0.5, 0.6) is 0 Å². The Kier molecular flexibility index (Phi) is 4.57. The minimum Gasteiger partial charge on any atom is -0.478 e. The van der Waals surface area contributed by atoms with Gasteiger partial charge in [-0.25, -0.2) is 4.79 Å². The molecule has 1 aromatic rings. The van der Waals surface area contributed by atoms with Crippen molar-refractivity contribution in [2.45, 2.75) is 46.0 Å². The van der Waals surface area contributed by atoms with E-state index >= 15 is 0 Å². The van der Waals surface area contributed by atoms with Gasteiger partial charge in [-0.15, -0.1) is 5.10 Å². The SMILES string of the molecule is CCc1nnc(N(C)CC2CCC2)c(C(=O)O)c1CC. The van der Waals surface area contributed by atoms with Crippen molar-refractivity contribution in [3.05, 3.63) is 16.8 Å². The van der Waals surface area contributed by atoms with E-state index in [4.69, 9.17) is 0 Å². The standard InChI is InChI=1S/C15H23N3O2/c1-4-11-12(5-2)16-17-14(13(11)15(19)20)18(3)9-10-7-6-8-10/h10H,4-9H2,1-3H3,(H,19,20). The van der Waals surface area contributed by atoms with Gasteiger partial charge in [0, 0.05) is 13.6 Å². The maximum atomic E-state index is 11.6. The third-order valence-corrected chi connectivity index (χ3v) is 4.16. The molecule has 0 spiro atoms. The summed E-state index contributed by atoms with van der Waals surface area (Å²) in [6.07, 6.45) is 5.13. The minimum absolute atomic E-state index is 0.334. The molecule has 1 saturated carbocycles. The van der Waals surface area contributed by atoms with Gasteiger partial charge >= 0.3 is 5.97 Å². The summed E-state index contributed by atoms with van der Waals surface area (Å²) >= 11 is 0. The molecular weight excluding hydrogens is 254 g/mol. The largest absolute Gasteiger partial charge is 0.478 e. The van der Waals surface area contributed by atoms with Crippen molar-refractivity contribution in [2.24, 2.45) is 5.92 Å². The van der Waals surface area contributed by atoms with Gasteiger partial charge in [0.1, 0.15) is 5.56 Å². The molecule has 1 aliphatic carbocycles. The Hall–Kier alpha value is -1.65. The zero-order valence-corrected chi connectivity index (χ0v) is 12.5. The number of anilines is 1. The van der Waals surface area contributed by atoms with Crippen LogP contribution >= 0.6 is 0 Å². The molecule has 0 saturated heterocycles. The molecule has 110 valence electrons. The maximum Gasteiger partial charge on any atom is 0.339 e. The lowest BCUT2D eigenvalue weighted by molar-refractivity contribution is 0.0695. The van der Waals surface area contributed by atoms with Crippen LogP contribution in [0.2, 0.25) is 0 Å². The second kappa shape index (κ2) is 6.20. The number of hydrogen-bond acceptors (Lipinski definition) is 4. The first-order chi connectivity index (χ1) is 9.58. The summed E-state index contributed by atoms with van der Waals surface area (Å²) in [5, 5.41) is 18.0. The van der Waals surface area contributed by atoms with Crippen molar-refractivity contribution in [1.29, 1.82) is 0 Å². The molecule has 5 heteroatoms. The summed E-state index contributed by atoms with van der Waals surface area (Å²) in [6.45, 7) is 4.81. The highest BCUT2D eigenvalue weighted by Gasteiger charge is 2.25. The highest BCUT2D eigenvalue weighted by atomic mass is 16.4. The summed E-state index contributed by atoms with van der Waals surface area (Å²) in [7, 11) is 1.92. The van der Waals surface area contributed by atoms with Crippen molar-refractivity contribution in [3.8, 4) is 0 Å². The van der Waals surface area contributed by atoms with Crippen LogP contribution in [0, 0.1) is 5.92 Å². The Morgan fingerprint density at radius 3 is 2.45 bits per heavy atom. The van der Waals surface area contributed by atoms with Crippen LogP contribution in [-0.4, -0.2) is 34.9 Å². The second-order valence-electron chi connectivity index (χ2n) is 5.51. The monoisotopic (exact) mass is 277 g/mol. The third-order valence-electron chi connectivity index (χ3n) is 4.16. The Morgan fingerprint density at radius 1 is 1.30 bits per heavy atom. The van der Waals surface area contributed by atoms with E-state index in [1.807, 2.05) is 25.8 Å². The number of rotatable bonds is 6. The van der Waals surface area contributed by atoms with E-state index in [-0.39, 0.29) is 0 Å². The maximum absolute atomic E-state index is 11.6. The number of nitrogens with zero attached hydrogens (tertiary/aromatic N) is 3. The molecular formula is C15H23N3O2. The number of carboxylic acid groups (broad SMARTS) is 1. The molecule has 20 heavy (non-hydrogen) atoms. The molecule has 0 amide bonds. The first-order valence-electron chi connectivity index (χ1n) is 7.41. The topological polar surface area (TPSA) is 66.3 Å². The normalized spacial score (nSPS) is 14.9. The third kappa shape index (κ3) is 2.76. The molecule has 1 heterocycles. The molecule has 0 aliphatic heterocycles. The molecule has 1 aromatic heterocycles. The second-order valence-corrected chi connectivity index (χ2v) is 5.51. The number of carboxylic acids is 1. The van der Waals surface area contributed by atoms with E-state index in [0.29, 0.717) is 30.1 Å². The number of hydrogen-bond donors (Lipinski definition) is 1. The van der Waals surface area contributed by atoms with E-state index in [1.54, 1.807) is 0 Å². The summed E-state index contributed by atoms with van der Waals surface area (Å²) in [5.74, 6) is 0.278. The van der Waals surface area contributed by atoms with Gasteiger partial charge in [0.25, 0.3) is 0 Å². The molecule has 0 bridgehead atoms. The zero-order chi connectivity index (χ0) is 14.7. The Bertz CT molecular complexity index is 498. The van der Waals surface area contributed by atoms with Gasteiger partial charge in [-0.2, -0.15) is 5.10 Å². The number of aromatic carboxylic acids is 1. The summed E-state index contributed by atoms with van der Waals surface area (Å²) in [5.41, 5.74) is 1.96. The van der Waals surface area contributed by atoms with Gasteiger partial charge in [0.2, 0.25) is 0 Å². The van der Waals surface area contributed by atoms with E-state index in [1.165, 1.54) is 19.3 Å². The van der Waals surface area contributed by atoms with Crippen LogP contribution in [-0.2, 0) is 12.8 Å². The lowest BCUT2D eigenvalue weighted by Gasteiger charge is -2.31. The molecule has 2 rings (SSSR count). The summed E-state index contributed by atoms with van der Waals surface area (Å²) < 4.78 is 0. The van der Waals surface area contributed by atoms with E-state index in [0.717, 1.165) is 17.8 Å². The van der Waals surface area contributed by atoms with Crippen LogP contribution in [0.3, 0.4) is 0 Å². The van der Waals surface area contributed by atoms with Gasteiger partial charge in [-0.1, -0.05) is 20.3 Å². The Balaban J connectivity index is 2.37. The lowest BCUT2D eigenvalue weighted by Crippen LogP contribution is -2.32. The van der Waals surface area contributed by atoms with Gasteiger partial charge in [0.05, 0.1) is 5.69 Å². The van der Waals surface area contributed by atoms with Crippen LogP contribution in [0.4, 0.5) is 5.82 Å². The number of carbonyl (C=O) groups is 1. The van der Waals surface area contributed by atoms with Crippen molar-refractivity contribution in [1.82, 2.24) is 10.2 Å². The molecule has 0 aromatic carbocycles. The molecule has 1 N–H and O–H groups in total. The van der Waals surface area contributed by atoms with Crippen LogP contribution < -0.4 is 4.90 Å². The summed E-state index contributed by atoms with van der Waals surface area (Å²) in [6, 6.07) is 0. The van der Waals surface area contributed by atoms with Crippen LogP contribution in [0.1, 0.15) is 54.7 Å². The highest BCUT2D eigenvalue weighted by molar-refractivity contribution is 5.95. The first kappa shape index (κ1) is 14.8. The number of aromatic nitrogens is 2. The fraction of sp³-hybridized carbons (Fsp3) is 0.667. The molecule has 0 atom stereocenters. The average Bonchev–Trinajstić information content (AvgIpc) is 2.40. The van der Waals surface area contributed by atoms with E-state index < -0.39 is 5.97 Å². The molecule has 0 unspecified atom stereocenters. The molecule has 1 aliphatic rings. The van der Waals surface area contributed by atoms with E-state index in [2.05, 4.69) is 10.2 Å². The van der Waals surface area contributed by atoms with Gasteiger partial charge < -0.3 is 10.0 Å². The van der Waals surface area contributed by atoms with Gasteiger partial charge in [0.15, 0.2) is 5.82 Å². The van der Waals surface area contributed by atoms with Gasteiger partial charge in [-0.3, -0.25) is 0 Å². The highest BCUT2D eigenvalue weighted by Crippen LogP contribution is 2.30. The van der Waals surface area contributed by atoms with Gasteiger partial charge in [-0.05, 0) is 37.2 Å². The van der Waals surface area contributed by atoms with Crippen molar-refractivity contribution >= 4 is 11.8 Å². The Labute approximate surface area is 120 Å². The van der Waals surface area contributed by atoms with Crippen LogP contribution in [0.15, 0.2) is 0 Å². The fourth-order valence-corrected chi connectivity index (χ4v) is 2.80. The smallest absolute Gasteiger partial charge is 0.339 e. The number of aryl methyl sites for hydroxylation is 1. The minimum atomic E-state index is -0.901. The zero-order valence-electron chi connectivity index (χ0n) is 12.5.